The number of pyridine rings is 1. The second kappa shape index (κ2) is 4.67. The molecular formula is C14H18ClN3O. The molecule has 2 saturated heterocycles. The van der Waals surface area contributed by atoms with E-state index in [1.165, 1.54) is 0 Å². The first-order valence-corrected chi connectivity index (χ1v) is 7.11. The number of carbonyl (C=O) groups excluding carboxylic acids is 1. The van der Waals surface area contributed by atoms with Gasteiger partial charge in [-0.3, -0.25) is 4.79 Å². The summed E-state index contributed by atoms with van der Waals surface area (Å²) in [6.45, 7) is 2.57. The van der Waals surface area contributed by atoms with Crippen molar-refractivity contribution in [3.8, 4) is 0 Å². The second-order valence-electron chi connectivity index (χ2n) is 5.62. The van der Waals surface area contributed by atoms with Gasteiger partial charge in [-0.1, -0.05) is 11.6 Å². The van der Waals surface area contributed by atoms with Crippen molar-refractivity contribution in [2.45, 2.75) is 19.3 Å². The number of amides is 1. The predicted molar refractivity (Wildman–Crippen MR) is 75.4 cm³/mol. The Morgan fingerprint density at radius 1 is 1.32 bits per heavy atom. The summed E-state index contributed by atoms with van der Waals surface area (Å²) in [5.41, 5.74) is -0.186. The number of hydrogen-bond donors (Lipinski definition) is 0. The molecule has 1 aromatic heterocycles. The highest BCUT2D eigenvalue weighted by Gasteiger charge is 2.47. The maximum absolute atomic E-state index is 12.4. The molecule has 2 fully saturated rings. The number of carbonyl (C=O) groups is 1. The van der Waals surface area contributed by atoms with E-state index in [1.807, 2.05) is 24.1 Å². The van der Waals surface area contributed by atoms with Gasteiger partial charge in [0.2, 0.25) is 5.91 Å². The number of anilines is 1. The number of halogens is 1. The Hall–Kier alpha value is -1.29. The fourth-order valence-electron chi connectivity index (χ4n) is 3.27. The molecule has 0 N–H and O–H groups in total. The van der Waals surface area contributed by atoms with E-state index >= 15 is 0 Å². The Bertz CT molecular complexity index is 490. The van der Waals surface area contributed by atoms with Gasteiger partial charge >= 0.3 is 0 Å². The molecule has 0 saturated carbocycles. The first-order chi connectivity index (χ1) is 9.11. The van der Waals surface area contributed by atoms with Crippen molar-refractivity contribution >= 4 is 23.3 Å². The van der Waals surface area contributed by atoms with E-state index in [4.69, 9.17) is 11.6 Å². The highest BCUT2D eigenvalue weighted by Crippen LogP contribution is 2.40. The molecule has 19 heavy (non-hydrogen) atoms. The molecule has 102 valence electrons. The summed E-state index contributed by atoms with van der Waals surface area (Å²) in [6.07, 6.45) is 4.70. The van der Waals surface area contributed by atoms with E-state index < -0.39 is 0 Å². The van der Waals surface area contributed by atoms with Gasteiger partial charge in [0.25, 0.3) is 0 Å². The van der Waals surface area contributed by atoms with Gasteiger partial charge in [-0.2, -0.15) is 0 Å². The molecule has 3 heterocycles. The van der Waals surface area contributed by atoms with E-state index in [0.717, 1.165) is 44.7 Å². The molecule has 1 atom stereocenters. The molecule has 2 aliphatic rings. The zero-order valence-electron chi connectivity index (χ0n) is 11.1. The fourth-order valence-corrected chi connectivity index (χ4v) is 3.38. The zero-order chi connectivity index (χ0) is 13.5. The molecule has 0 aliphatic carbocycles. The van der Waals surface area contributed by atoms with Crippen molar-refractivity contribution in [1.29, 1.82) is 0 Å². The third kappa shape index (κ3) is 2.18. The van der Waals surface area contributed by atoms with Crippen LogP contribution >= 0.6 is 11.6 Å². The summed E-state index contributed by atoms with van der Waals surface area (Å²) < 4.78 is 0. The van der Waals surface area contributed by atoms with Crippen molar-refractivity contribution in [2.24, 2.45) is 5.41 Å². The van der Waals surface area contributed by atoms with Crippen LogP contribution < -0.4 is 4.90 Å². The van der Waals surface area contributed by atoms with Crippen LogP contribution in [0.5, 0.6) is 0 Å². The summed E-state index contributed by atoms with van der Waals surface area (Å²) >= 11 is 5.86. The van der Waals surface area contributed by atoms with Crippen LogP contribution in [-0.4, -0.2) is 42.5 Å². The van der Waals surface area contributed by atoms with Gasteiger partial charge < -0.3 is 9.80 Å². The normalized spacial score (nSPS) is 27.4. The first-order valence-electron chi connectivity index (χ1n) is 6.73. The third-order valence-corrected chi connectivity index (χ3v) is 4.56. The van der Waals surface area contributed by atoms with Gasteiger partial charge in [0.15, 0.2) is 0 Å². The van der Waals surface area contributed by atoms with E-state index in [9.17, 15) is 4.79 Å². The van der Waals surface area contributed by atoms with E-state index in [2.05, 4.69) is 9.88 Å². The molecule has 1 aromatic rings. The lowest BCUT2D eigenvalue weighted by molar-refractivity contribution is -0.143. The molecule has 5 heteroatoms. The summed E-state index contributed by atoms with van der Waals surface area (Å²) in [5, 5.41) is 0.645. The van der Waals surface area contributed by atoms with Crippen LogP contribution in [0, 0.1) is 5.41 Å². The third-order valence-electron chi connectivity index (χ3n) is 4.34. The van der Waals surface area contributed by atoms with Crippen molar-refractivity contribution in [3.05, 3.63) is 23.4 Å². The molecule has 1 unspecified atom stereocenters. The minimum absolute atomic E-state index is 0.186. The topological polar surface area (TPSA) is 36.4 Å². The number of likely N-dealkylation sites (tertiary alicyclic amines) is 1. The Morgan fingerprint density at radius 3 is 2.89 bits per heavy atom. The van der Waals surface area contributed by atoms with Crippen molar-refractivity contribution in [3.63, 3.8) is 0 Å². The molecule has 0 radical (unpaired) electrons. The Morgan fingerprint density at radius 2 is 2.16 bits per heavy atom. The lowest BCUT2D eigenvalue weighted by atomic mass is 9.78. The smallest absolute Gasteiger partial charge is 0.230 e. The fraction of sp³-hybridized carbons (Fsp3) is 0.571. The predicted octanol–water partition coefficient (Wildman–Crippen LogP) is 2.18. The molecule has 4 nitrogen and oxygen atoms in total. The number of hydrogen-bond acceptors (Lipinski definition) is 3. The van der Waals surface area contributed by atoms with Gasteiger partial charge in [0.05, 0.1) is 10.4 Å². The number of rotatable bonds is 1. The second-order valence-corrected chi connectivity index (χ2v) is 6.05. The summed E-state index contributed by atoms with van der Waals surface area (Å²) in [7, 11) is 1.91. The molecule has 2 aliphatic heterocycles. The van der Waals surface area contributed by atoms with Crippen LogP contribution in [0.4, 0.5) is 5.82 Å². The van der Waals surface area contributed by atoms with Gasteiger partial charge in [-0.05, 0) is 31.4 Å². The lowest BCUT2D eigenvalue weighted by Crippen LogP contribution is -2.48. The number of piperidine rings is 1. The molecule has 0 bridgehead atoms. The van der Waals surface area contributed by atoms with Gasteiger partial charge in [0, 0.05) is 32.9 Å². The van der Waals surface area contributed by atoms with Crippen LogP contribution in [0.2, 0.25) is 5.02 Å². The minimum atomic E-state index is -0.186. The molecular weight excluding hydrogens is 262 g/mol. The van der Waals surface area contributed by atoms with Crippen LogP contribution in [0.15, 0.2) is 18.3 Å². The standard InChI is InChI=1S/C14H18ClN3O/c1-17-7-2-5-14(13(17)19)6-8-18(10-14)12-4-3-11(15)9-16-12/h3-4,9H,2,5-8,10H2,1H3. The quantitative estimate of drug-likeness (QED) is 0.791. The van der Waals surface area contributed by atoms with Gasteiger partial charge in [-0.15, -0.1) is 0 Å². The SMILES string of the molecule is CN1CCCC2(CCN(c3ccc(Cl)cn3)C2)C1=O. The van der Waals surface area contributed by atoms with Gasteiger partial charge in [-0.25, -0.2) is 4.98 Å². The van der Waals surface area contributed by atoms with Crippen LogP contribution in [0.25, 0.3) is 0 Å². The van der Waals surface area contributed by atoms with Gasteiger partial charge in [0.1, 0.15) is 5.82 Å². The van der Waals surface area contributed by atoms with Crippen molar-refractivity contribution in [2.75, 3.05) is 31.6 Å². The monoisotopic (exact) mass is 279 g/mol. The summed E-state index contributed by atoms with van der Waals surface area (Å²) in [6, 6.07) is 3.78. The maximum atomic E-state index is 12.4. The summed E-state index contributed by atoms with van der Waals surface area (Å²) in [5.74, 6) is 1.22. The zero-order valence-corrected chi connectivity index (χ0v) is 11.9. The molecule has 1 spiro atoms. The highest BCUT2D eigenvalue weighted by molar-refractivity contribution is 6.30. The van der Waals surface area contributed by atoms with Crippen LogP contribution in [0.1, 0.15) is 19.3 Å². The number of nitrogens with zero attached hydrogens (tertiary/aromatic N) is 3. The average Bonchev–Trinajstić information content (AvgIpc) is 2.82. The maximum Gasteiger partial charge on any atom is 0.230 e. The van der Waals surface area contributed by atoms with E-state index in [0.29, 0.717) is 10.9 Å². The van der Waals surface area contributed by atoms with E-state index in [-0.39, 0.29) is 5.41 Å². The molecule has 1 amide bonds. The Labute approximate surface area is 118 Å². The van der Waals surface area contributed by atoms with Crippen LogP contribution in [-0.2, 0) is 4.79 Å². The Kier molecular flexibility index (Phi) is 3.13. The van der Waals surface area contributed by atoms with E-state index in [1.54, 1.807) is 6.20 Å². The average molecular weight is 280 g/mol. The van der Waals surface area contributed by atoms with Crippen molar-refractivity contribution in [1.82, 2.24) is 9.88 Å². The first kappa shape index (κ1) is 12.7. The lowest BCUT2D eigenvalue weighted by Gasteiger charge is -2.37. The van der Waals surface area contributed by atoms with Crippen LogP contribution in [0.3, 0.4) is 0 Å². The largest absolute Gasteiger partial charge is 0.356 e. The molecule has 3 rings (SSSR count). The van der Waals surface area contributed by atoms with Crippen molar-refractivity contribution < 1.29 is 4.79 Å². The highest BCUT2D eigenvalue weighted by atomic mass is 35.5. The minimum Gasteiger partial charge on any atom is -0.356 e. The molecule has 0 aromatic carbocycles. The summed E-state index contributed by atoms with van der Waals surface area (Å²) in [4.78, 5) is 20.9. The Balaban J connectivity index is 1.79. The number of aromatic nitrogens is 1.